The fourth-order valence-corrected chi connectivity index (χ4v) is 2.88. The summed E-state index contributed by atoms with van der Waals surface area (Å²) in [6, 6.07) is 18.7. The summed E-state index contributed by atoms with van der Waals surface area (Å²) in [6.45, 7) is 2.10. The lowest BCUT2D eigenvalue weighted by Gasteiger charge is -2.06. The van der Waals surface area contributed by atoms with E-state index < -0.39 is 0 Å². The molecule has 0 bridgehead atoms. The normalized spacial score (nSPS) is 10.2. The van der Waals surface area contributed by atoms with Gasteiger partial charge in [-0.2, -0.15) is 0 Å². The van der Waals surface area contributed by atoms with Crippen molar-refractivity contribution in [3.05, 3.63) is 71.3 Å². The highest BCUT2D eigenvalue weighted by atomic mass is 32.2. The highest BCUT2D eigenvalue weighted by Gasteiger charge is 2.04. The Hall–Kier alpha value is -1.12. The maximum absolute atomic E-state index is 5.47. The molecule has 0 unspecified atom stereocenters. The first-order valence-corrected chi connectivity index (χ1v) is 6.93. The molecule has 0 aliphatic carbocycles. The molecule has 0 atom stereocenters. The van der Waals surface area contributed by atoms with Crippen molar-refractivity contribution in [3.8, 4) is 0 Å². The van der Waals surface area contributed by atoms with Crippen LogP contribution in [0.1, 0.15) is 16.7 Å². The van der Waals surface area contributed by atoms with E-state index >= 15 is 0 Å². The number of thiocarbonyl (C=S) groups is 1. The van der Waals surface area contributed by atoms with Gasteiger partial charge in [-0.3, -0.25) is 0 Å². The van der Waals surface area contributed by atoms with Crippen molar-refractivity contribution in [2.75, 3.05) is 0 Å². The molecular weight excluding hydrogens is 244 g/mol. The fraction of sp³-hybridized carbons (Fsp3) is 0.133. The summed E-state index contributed by atoms with van der Waals surface area (Å²) in [7, 11) is 0. The third-order valence-electron chi connectivity index (χ3n) is 2.58. The summed E-state index contributed by atoms with van der Waals surface area (Å²) in [5, 5.41) is 0. The van der Waals surface area contributed by atoms with Gasteiger partial charge in [0.05, 0.1) is 4.20 Å². The van der Waals surface area contributed by atoms with Crippen LogP contribution >= 0.6 is 24.0 Å². The van der Waals surface area contributed by atoms with Crippen LogP contribution in [0.5, 0.6) is 0 Å². The Morgan fingerprint density at radius 3 is 2.35 bits per heavy atom. The number of hydrogen-bond donors (Lipinski definition) is 0. The predicted molar refractivity (Wildman–Crippen MR) is 80.6 cm³/mol. The molecule has 0 nitrogen and oxygen atoms in total. The topological polar surface area (TPSA) is 0 Å². The van der Waals surface area contributed by atoms with Crippen molar-refractivity contribution in [2.45, 2.75) is 12.7 Å². The molecule has 0 aromatic heterocycles. The minimum atomic E-state index is 0.938. The minimum absolute atomic E-state index is 0.938. The third kappa shape index (κ3) is 3.42. The summed E-state index contributed by atoms with van der Waals surface area (Å²) in [5.41, 5.74) is 3.75. The Labute approximate surface area is 112 Å². The molecule has 2 heteroatoms. The SMILES string of the molecule is Cc1ccccc1C(=S)SCc1ccccc1. The molecular formula is C15H14S2. The van der Waals surface area contributed by atoms with E-state index in [0.29, 0.717) is 0 Å². The van der Waals surface area contributed by atoms with Crippen molar-refractivity contribution in [3.63, 3.8) is 0 Å². The Kier molecular flexibility index (Phi) is 4.35. The van der Waals surface area contributed by atoms with E-state index in [1.54, 1.807) is 11.8 Å². The van der Waals surface area contributed by atoms with Crippen LogP contribution in [0.3, 0.4) is 0 Å². The molecule has 0 heterocycles. The molecule has 17 heavy (non-hydrogen) atoms. The van der Waals surface area contributed by atoms with E-state index in [2.05, 4.69) is 43.3 Å². The number of aryl methyl sites for hydroxylation is 1. The van der Waals surface area contributed by atoms with Gasteiger partial charge < -0.3 is 0 Å². The molecule has 0 aliphatic heterocycles. The molecule has 0 saturated heterocycles. The molecule has 0 spiro atoms. The Morgan fingerprint density at radius 1 is 1.00 bits per heavy atom. The fourth-order valence-electron chi connectivity index (χ4n) is 1.60. The second-order valence-electron chi connectivity index (χ2n) is 3.88. The lowest BCUT2D eigenvalue weighted by molar-refractivity contribution is 1.42. The van der Waals surface area contributed by atoms with Gasteiger partial charge in [-0.15, -0.1) is 11.8 Å². The number of hydrogen-bond acceptors (Lipinski definition) is 2. The van der Waals surface area contributed by atoms with Gasteiger partial charge in [-0.05, 0) is 18.1 Å². The van der Waals surface area contributed by atoms with Gasteiger partial charge in [0, 0.05) is 11.3 Å². The highest BCUT2D eigenvalue weighted by molar-refractivity contribution is 8.23. The lowest BCUT2D eigenvalue weighted by Crippen LogP contribution is -1.95. The minimum Gasteiger partial charge on any atom is -0.109 e. The summed E-state index contributed by atoms with van der Waals surface area (Å²) in [4.78, 5) is 0. The zero-order valence-corrected chi connectivity index (χ0v) is 11.4. The van der Waals surface area contributed by atoms with Crippen LogP contribution in [-0.4, -0.2) is 4.20 Å². The van der Waals surface area contributed by atoms with Gasteiger partial charge >= 0.3 is 0 Å². The van der Waals surface area contributed by atoms with Gasteiger partial charge in [0.25, 0.3) is 0 Å². The van der Waals surface area contributed by atoms with Gasteiger partial charge in [0.1, 0.15) is 0 Å². The van der Waals surface area contributed by atoms with E-state index in [-0.39, 0.29) is 0 Å². The quantitative estimate of drug-likeness (QED) is 0.738. The van der Waals surface area contributed by atoms with Crippen LogP contribution in [-0.2, 0) is 5.75 Å². The molecule has 0 N–H and O–H groups in total. The van der Waals surface area contributed by atoms with Crippen LogP contribution < -0.4 is 0 Å². The van der Waals surface area contributed by atoms with Crippen molar-refractivity contribution in [1.29, 1.82) is 0 Å². The van der Waals surface area contributed by atoms with E-state index in [0.717, 1.165) is 9.95 Å². The van der Waals surface area contributed by atoms with Gasteiger partial charge in [-0.25, -0.2) is 0 Å². The average Bonchev–Trinajstić information content (AvgIpc) is 2.38. The van der Waals surface area contributed by atoms with Crippen LogP contribution in [0.15, 0.2) is 54.6 Å². The molecule has 2 rings (SSSR count). The van der Waals surface area contributed by atoms with E-state index in [4.69, 9.17) is 12.2 Å². The van der Waals surface area contributed by atoms with Gasteiger partial charge in [0.2, 0.25) is 0 Å². The van der Waals surface area contributed by atoms with E-state index in [1.807, 2.05) is 18.2 Å². The second kappa shape index (κ2) is 5.99. The number of rotatable bonds is 3. The third-order valence-corrected chi connectivity index (χ3v) is 4.11. The molecule has 0 aliphatic rings. The van der Waals surface area contributed by atoms with Crippen molar-refractivity contribution < 1.29 is 0 Å². The van der Waals surface area contributed by atoms with Crippen molar-refractivity contribution in [1.82, 2.24) is 0 Å². The first-order chi connectivity index (χ1) is 8.27. The first-order valence-electron chi connectivity index (χ1n) is 5.54. The zero-order valence-electron chi connectivity index (χ0n) is 9.72. The molecule has 2 aromatic carbocycles. The van der Waals surface area contributed by atoms with E-state index in [1.165, 1.54) is 16.7 Å². The largest absolute Gasteiger partial charge is 0.109 e. The molecule has 86 valence electrons. The Morgan fingerprint density at radius 2 is 1.65 bits per heavy atom. The van der Waals surface area contributed by atoms with Crippen LogP contribution in [0.25, 0.3) is 0 Å². The number of thioether (sulfide) groups is 1. The molecule has 0 radical (unpaired) electrons. The molecule has 2 aromatic rings. The Bertz CT molecular complexity index is 503. The average molecular weight is 258 g/mol. The predicted octanol–water partition coefficient (Wildman–Crippen LogP) is 4.60. The van der Waals surface area contributed by atoms with Crippen molar-refractivity contribution >= 4 is 28.2 Å². The maximum Gasteiger partial charge on any atom is 0.0784 e. The molecule has 0 amide bonds. The standard InChI is InChI=1S/C15H14S2/c1-12-7-5-6-10-14(12)15(16)17-11-13-8-3-2-4-9-13/h2-10H,11H2,1H3. The second-order valence-corrected chi connectivity index (χ2v) is 5.53. The van der Waals surface area contributed by atoms with Gasteiger partial charge in [-0.1, -0.05) is 66.8 Å². The maximum atomic E-state index is 5.47. The van der Waals surface area contributed by atoms with Crippen LogP contribution in [0, 0.1) is 6.92 Å². The highest BCUT2D eigenvalue weighted by Crippen LogP contribution is 2.21. The lowest BCUT2D eigenvalue weighted by atomic mass is 10.1. The summed E-state index contributed by atoms with van der Waals surface area (Å²) in [6.07, 6.45) is 0. The Balaban J connectivity index is 2.01. The van der Waals surface area contributed by atoms with Crippen LogP contribution in [0.4, 0.5) is 0 Å². The first kappa shape index (κ1) is 12.3. The molecule has 0 saturated carbocycles. The van der Waals surface area contributed by atoms with Crippen LogP contribution in [0.2, 0.25) is 0 Å². The monoisotopic (exact) mass is 258 g/mol. The summed E-state index contributed by atoms with van der Waals surface area (Å²) < 4.78 is 0.979. The van der Waals surface area contributed by atoms with Gasteiger partial charge in [0.15, 0.2) is 0 Å². The summed E-state index contributed by atoms with van der Waals surface area (Å²) in [5.74, 6) is 0.938. The van der Waals surface area contributed by atoms with E-state index in [9.17, 15) is 0 Å². The zero-order chi connectivity index (χ0) is 12.1. The summed E-state index contributed by atoms with van der Waals surface area (Å²) >= 11 is 7.20. The smallest absolute Gasteiger partial charge is 0.0784 e. The molecule has 0 fully saturated rings. The van der Waals surface area contributed by atoms with Crippen molar-refractivity contribution in [2.24, 2.45) is 0 Å². The number of benzene rings is 2.